The number of nitrogens with one attached hydrogen (secondary N) is 1. The van der Waals surface area contributed by atoms with Crippen LogP contribution in [-0.4, -0.2) is 21.2 Å². The Balaban J connectivity index is 1.57. The number of aryl methyl sites for hydroxylation is 1. The van der Waals surface area contributed by atoms with Crippen molar-refractivity contribution in [2.45, 2.75) is 13.3 Å². The second-order valence-corrected chi connectivity index (χ2v) is 7.30. The van der Waals surface area contributed by atoms with Gasteiger partial charge in [-0.3, -0.25) is 14.0 Å². The molecule has 0 aliphatic carbocycles. The SMILES string of the molecule is Cc1cccc(NC(=O)Cc2csc3nc(-c4ccccc4)cn23)c1C(N)=O. The molecule has 140 valence electrons. The second-order valence-electron chi connectivity index (χ2n) is 6.46. The summed E-state index contributed by atoms with van der Waals surface area (Å²) in [6.07, 6.45) is 2.10. The van der Waals surface area contributed by atoms with Gasteiger partial charge in [-0.15, -0.1) is 11.3 Å². The number of amides is 2. The van der Waals surface area contributed by atoms with Crippen molar-refractivity contribution >= 4 is 33.8 Å². The average Bonchev–Trinajstić information content (AvgIpc) is 3.24. The molecule has 2 heterocycles. The van der Waals surface area contributed by atoms with Crippen LogP contribution < -0.4 is 11.1 Å². The Morgan fingerprint density at radius 1 is 1.14 bits per heavy atom. The van der Waals surface area contributed by atoms with E-state index in [-0.39, 0.29) is 12.3 Å². The standard InChI is InChI=1S/C21H18N4O2S/c1-13-6-5-9-16(19(13)20(22)27)23-18(26)10-15-12-28-21-24-17(11-25(15)21)14-7-3-2-4-8-14/h2-9,11-12H,10H2,1H3,(H2,22,27)(H,23,26). The van der Waals surface area contributed by atoms with E-state index in [1.165, 1.54) is 11.3 Å². The zero-order valence-electron chi connectivity index (χ0n) is 15.2. The average molecular weight is 390 g/mol. The van der Waals surface area contributed by atoms with Crippen molar-refractivity contribution in [3.63, 3.8) is 0 Å². The van der Waals surface area contributed by atoms with Crippen LogP contribution in [-0.2, 0) is 11.2 Å². The number of benzene rings is 2. The van der Waals surface area contributed by atoms with Gasteiger partial charge in [0.25, 0.3) is 5.91 Å². The van der Waals surface area contributed by atoms with Crippen LogP contribution in [0.4, 0.5) is 5.69 Å². The topological polar surface area (TPSA) is 89.5 Å². The van der Waals surface area contributed by atoms with E-state index in [2.05, 4.69) is 10.3 Å². The summed E-state index contributed by atoms with van der Waals surface area (Å²) in [6.45, 7) is 1.79. The molecule has 6 nitrogen and oxygen atoms in total. The zero-order chi connectivity index (χ0) is 19.7. The quantitative estimate of drug-likeness (QED) is 0.545. The van der Waals surface area contributed by atoms with Gasteiger partial charge in [-0.2, -0.15) is 0 Å². The number of nitrogens with two attached hydrogens (primary N) is 1. The highest BCUT2D eigenvalue weighted by Crippen LogP contribution is 2.24. The Labute approximate surface area is 165 Å². The predicted octanol–water partition coefficient (Wildman–Crippen LogP) is 3.65. The Bertz CT molecular complexity index is 1180. The fraction of sp³-hybridized carbons (Fsp3) is 0.0952. The molecule has 0 aliphatic rings. The number of fused-ring (bicyclic) bond motifs is 1. The third kappa shape index (κ3) is 3.39. The first kappa shape index (κ1) is 17.9. The lowest BCUT2D eigenvalue weighted by molar-refractivity contribution is -0.115. The molecule has 0 saturated carbocycles. The van der Waals surface area contributed by atoms with E-state index in [4.69, 9.17) is 5.73 Å². The molecule has 0 bridgehead atoms. The van der Waals surface area contributed by atoms with Gasteiger partial charge in [0.05, 0.1) is 23.4 Å². The summed E-state index contributed by atoms with van der Waals surface area (Å²) in [7, 11) is 0. The lowest BCUT2D eigenvalue weighted by atomic mass is 10.1. The molecular weight excluding hydrogens is 372 g/mol. The summed E-state index contributed by atoms with van der Waals surface area (Å²) in [5, 5.41) is 4.72. The maximum atomic E-state index is 12.6. The second kappa shape index (κ2) is 7.28. The fourth-order valence-electron chi connectivity index (χ4n) is 3.16. The van der Waals surface area contributed by atoms with E-state index in [1.807, 2.05) is 46.3 Å². The van der Waals surface area contributed by atoms with E-state index in [0.29, 0.717) is 11.3 Å². The first-order valence-electron chi connectivity index (χ1n) is 8.73. The molecule has 28 heavy (non-hydrogen) atoms. The van der Waals surface area contributed by atoms with Crippen LogP contribution in [0.2, 0.25) is 0 Å². The largest absolute Gasteiger partial charge is 0.366 e. The number of carbonyl (C=O) groups excluding carboxylic acids is 2. The molecular formula is C21H18N4O2S. The van der Waals surface area contributed by atoms with Gasteiger partial charge in [-0.1, -0.05) is 42.5 Å². The lowest BCUT2D eigenvalue weighted by Gasteiger charge is -2.11. The molecule has 0 fully saturated rings. The van der Waals surface area contributed by atoms with Crippen LogP contribution in [0.1, 0.15) is 21.6 Å². The first-order chi connectivity index (χ1) is 13.5. The molecule has 0 radical (unpaired) electrons. The minimum atomic E-state index is -0.562. The number of hydrogen-bond acceptors (Lipinski definition) is 4. The number of primary amides is 1. The van der Waals surface area contributed by atoms with Gasteiger partial charge in [0, 0.05) is 22.8 Å². The van der Waals surface area contributed by atoms with E-state index in [1.54, 1.807) is 25.1 Å². The molecule has 4 rings (SSSR count). The van der Waals surface area contributed by atoms with E-state index in [0.717, 1.165) is 27.5 Å². The van der Waals surface area contributed by atoms with Crippen molar-refractivity contribution in [3.05, 3.63) is 76.9 Å². The highest BCUT2D eigenvalue weighted by atomic mass is 32.1. The maximum absolute atomic E-state index is 12.6. The number of thiazole rings is 1. The number of rotatable bonds is 5. The van der Waals surface area contributed by atoms with Crippen LogP contribution in [0.15, 0.2) is 60.1 Å². The van der Waals surface area contributed by atoms with Crippen LogP contribution in [0.25, 0.3) is 16.2 Å². The molecule has 0 unspecified atom stereocenters. The van der Waals surface area contributed by atoms with Crippen molar-refractivity contribution in [3.8, 4) is 11.3 Å². The van der Waals surface area contributed by atoms with Gasteiger partial charge in [0.1, 0.15) is 0 Å². The maximum Gasteiger partial charge on any atom is 0.251 e. The Morgan fingerprint density at radius 3 is 2.68 bits per heavy atom. The van der Waals surface area contributed by atoms with E-state index in [9.17, 15) is 9.59 Å². The van der Waals surface area contributed by atoms with Gasteiger partial charge in [0.2, 0.25) is 5.91 Å². The van der Waals surface area contributed by atoms with Gasteiger partial charge in [-0.25, -0.2) is 4.98 Å². The van der Waals surface area contributed by atoms with E-state index >= 15 is 0 Å². The molecule has 7 heteroatoms. The van der Waals surface area contributed by atoms with E-state index < -0.39 is 5.91 Å². The summed E-state index contributed by atoms with van der Waals surface area (Å²) in [6, 6.07) is 15.1. The zero-order valence-corrected chi connectivity index (χ0v) is 16.0. The molecule has 2 amide bonds. The number of hydrogen-bond donors (Lipinski definition) is 2. The van der Waals surface area contributed by atoms with Crippen molar-refractivity contribution < 1.29 is 9.59 Å². The van der Waals surface area contributed by atoms with Crippen molar-refractivity contribution in [2.75, 3.05) is 5.32 Å². The van der Waals surface area contributed by atoms with Crippen molar-refractivity contribution in [1.29, 1.82) is 0 Å². The van der Waals surface area contributed by atoms with Crippen LogP contribution >= 0.6 is 11.3 Å². The summed E-state index contributed by atoms with van der Waals surface area (Å²) < 4.78 is 1.93. The number of aromatic nitrogens is 2. The lowest BCUT2D eigenvalue weighted by Crippen LogP contribution is -2.20. The van der Waals surface area contributed by atoms with Crippen LogP contribution in [0.3, 0.4) is 0 Å². The number of nitrogens with zero attached hydrogens (tertiary/aromatic N) is 2. The normalized spacial score (nSPS) is 10.9. The Hall–Kier alpha value is -3.45. The Kier molecular flexibility index (Phi) is 4.67. The van der Waals surface area contributed by atoms with Gasteiger partial charge >= 0.3 is 0 Å². The highest BCUT2D eigenvalue weighted by Gasteiger charge is 2.16. The molecule has 4 aromatic rings. The minimum absolute atomic E-state index is 0.163. The summed E-state index contributed by atoms with van der Waals surface area (Å²) in [4.78, 5) is 29.8. The molecule has 3 N–H and O–H groups in total. The molecule has 0 aliphatic heterocycles. The highest BCUT2D eigenvalue weighted by molar-refractivity contribution is 7.15. The smallest absolute Gasteiger partial charge is 0.251 e. The summed E-state index contributed by atoms with van der Waals surface area (Å²) >= 11 is 1.49. The molecule has 0 atom stereocenters. The Morgan fingerprint density at radius 2 is 1.93 bits per heavy atom. The molecule has 2 aromatic carbocycles. The molecule has 0 spiro atoms. The summed E-state index contributed by atoms with van der Waals surface area (Å²) in [5.41, 5.74) is 9.68. The predicted molar refractivity (Wildman–Crippen MR) is 111 cm³/mol. The fourth-order valence-corrected chi connectivity index (χ4v) is 4.04. The van der Waals surface area contributed by atoms with Gasteiger partial charge in [0.15, 0.2) is 4.96 Å². The van der Waals surface area contributed by atoms with Gasteiger partial charge < -0.3 is 11.1 Å². The minimum Gasteiger partial charge on any atom is -0.366 e. The number of imidazole rings is 1. The van der Waals surface area contributed by atoms with Crippen molar-refractivity contribution in [2.24, 2.45) is 5.73 Å². The number of anilines is 1. The summed E-state index contributed by atoms with van der Waals surface area (Å²) in [5.74, 6) is -0.781. The van der Waals surface area contributed by atoms with Crippen LogP contribution in [0.5, 0.6) is 0 Å². The third-order valence-corrected chi connectivity index (χ3v) is 5.38. The number of carbonyl (C=O) groups is 2. The monoisotopic (exact) mass is 390 g/mol. The van der Waals surface area contributed by atoms with Crippen LogP contribution in [0, 0.1) is 6.92 Å². The molecule has 0 saturated heterocycles. The first-order valence-corrected chi connectivity index (χ1v) is 9.61. The van der Waals surface area contributed by atoms with Crippen molar-refractivity contribution in [1.82, 2.24) is 9.38 Å². The van der Waals surface area contributed by atoms with Gasteiger partial charge in [-0.05, 0) is 18.6 Å². The molecule has 2 aromatic heterocycles. The third-order valence-electron chi connectivity index (χ3n) is 4.49.